The quantitative estimate of drug-likeness (QED) is 0.844. The van der Waals surface area contributed by atoms with Crippen LogP contribution in [0, 0.1) is 5.41 Å². The van der Waals surface area contributed by atoms with Gasteiger partial charge in [0.05, 0.1) is 0 Å². The number of likely N-dealkylation sites (tertiary alicyclic amines) is 1. The SMILES string of the molecule is CN1CC2(CCN(c3cc4c(c(OCc5ccccc5)c3)OCO4)C2)C1. The Labute approximate surface area is 154 Å². The van der Waals surface area contributed by atoms with Gasteiger partial charge in [-0.05, 0) is 19.0 Å². The monoisotopic (exact) mass is 352 g/mol. The minimum Gasteiger partial charge on any atom is -0.485 e. The molecule has 2 aromatic rings. The Balaban J connectivity index is 1.37. The number of hydrogen-bond acceptors (Lipinski definition) is 5. The fraction of sp³-hybridized carbons (Fsp3) is 0.429. The molecule has 3 heterocycles. The highest BCUT2D eigenvalue weighted by atomic mass is 16.7. The van der Waals surface area contributed by atoms with Crippen LogP contribution in [0.3, 0.4) is 0 Å². The molecule has 0 aromatic heterocycles. The summed E-state index contributed by atoms with van der Waals surface area (Å²) >= 11 is 0. The largest absolute Gasteiger partial charge is 0.485 e. The molecule has 0 bridgehead atoms. The molecule has 5 rings (SSSR count). The van der Waals surface area contributed by atoms with Crippen molar-refractivity contribution in [2.24, 2.45) is 5.41 Å². The first kappa shape index (κ1) is 15.8. The predicted molar refractivity (Wildman–Crippen MR) is 100 cm³/mol. The van der Waals surface area contributed by atoms with E-state index in [4.69, 9.17) is 14.2 Å². The summed E-state index contributed by atoms with van der Waals surface area (Å²) in [6, 6.07) is 14.4. The Kier molecular flexibility index (Phi) is 3.71. The number of benzene rings is 2. The summed E-state index contributed by atoms with van der Waals surface area (Å²) < 4.78 is 17.4. The van der Waals surface area contributed by atoms with Gasteiger partial charge < -0.3 is 24.0 Å². The molecule has 3 aliphatic rings. The van der Waals surface area contributed by atoms with Gasteiger partial charge in [0, 0.05) is 49.4 Å². The summed E-state index contributed by atoms with van der Waals surface area (Å²) in [6.07, 6.45) is 1.26. The Morgan fingerprint density at radius 1 is 1.08 bits per heavy atom. The molecule has 26 heavy (non-hydrogen) atoms. The Morgan fingerprint density at radius 3 is 2.73 bits per heavy atom. The van der Waals surface area contributed by atoms with E-state index in [1.165, 1.54) is 25.2 Å². The molecule has 2 saturated heterocycles. The van der Waals surface area contributed by atoms with Gasteiger partial charge in [0.15, 0.2) is 11.5 Å². The van der Waals surface area contributed by atoms with Gasteiger partial charge in [0.2, 0.25) is 12.5 Å². The van der Waals surface area contributed by atoms with Gasteiger partial charge in [-0.25, -0.2) is 0 Å². The third-order valence-electron chi connectivity index (χ3n) is 5.67. The van der Waals surface area contributed by atoms with Crippen LogP contribution in [0.5, 0.6) is 17.2 Å². The summed E-state index contributed by atoms with van der Waals surface area (Å²) in [4.78, 5) is 4.86. The number of nitrogens with zero attached hydrogens (tertiary/aromatic N) is 2. The topological polar surface area (TPSA) is 34.2 Å². The van der Waals surface area contributed by atoms with Crippen LogP contribution in [0.1, 0.15) is 12.0 Å². The molecule has 136 valence electrons. The van der Waals surface area contributed by atoms with Gasteiger partial charge in [-0.2, -0.15) is 0 Å². The van der Waals surface area contributed by atoms with E-state index in [1.807, 2.05) is 18.2 Å². The highest BCUT2D eigenvalue weighted by Gasteiger charge is 2.46. The maximum absolute atomic E-state index is 6.10. The van der Waals surface area contributed by atoms with Crippen molar-refractivity contribution in [3.05, 3.63) is 48.0 Å². The van der Waals surface area contributed by atoms with Gasteiger partial charge in [0.25, 0.3) is 0 Å². The number of hydrogen-bond donors (Lipinski definition) is 0. The number of rotatable bonds is 4. The molecule has 0 saturated carbocycles. The van der Waals surface area contributed by atoms with Crippen LogP contribution < -0.4 is 19.1 Å². The van der Waals surface area contributed by atoms with Crippen LogP contribution in [-0.2, 0) is 6.61 Å². The molecule has 5 nitrogen and oxygen atoms in total. The van der Waals surface area contributed by atoms with E-state index in [1.54, 1.807) is 0 Å². The molecule has 2 aromatic carbocycles. The van der Waals surface area contributed by atoms with E-state index >= 15 is 0 Å². The lowest BCUT2D eigenvalue weighted by Crippen LogP contribution is -2.55. The molecule has 2 fully saturated rings. The minimum atomic E-state index is 0.259. The number of anilines is 1. The second-order valence-electron chi connectivity index (χ2n) is 7.80. The molecule has 0 N–H and O–H groups in total. The van der Waals surface area contributed by atoms with Crippen molar-refractivity contribution in [2.45, 2.75) is 13.0 Å². The van der Waals surface area contributed by atoms with Crippen LogP contribution in [0.2, 0.25) is 0 Å². The van der Waals surface area contributed by atoms with Crippen molar-refractivity contribution in [3.8, 4) is 17.2 Å². The molecule has 1 spiro atoms. The molecular formula is C21H24N2O3. The third-order valence-corrected chi connectivity index (χ3v) is 5.67. The highest BCUT2D eigenvalue weighted by Crippen LogP contribution is 2.47. The summed E-state index contributed by atoms with van der Waals surface area (Å²) in [5.74, 6) is 2.28. The lowest BCUT2D eigenvalue weighted by molar-refractivity contribution is 0.0424. The number of fused-ring (bicyclic) bond motifs is 1. The molecule has 5 heteroatoms. The molecule has 0 atom stereocenters. The maximum Gasteiger partial charge on any atom is 0.231 e. The average Bonchev–Trinajstić information content (AvgIpc) is 3.27. The molecule has 0 unspecified atom stereocenters. The summed E-state index contributed by atoms with van der Waals surface area (Å²) in [7, 11) is 2.20. The molecule has 0 amide bonds. The zero-order valence-electron chi connectivity index (χ0n) is 15.1. The summed E-state index contributed by atoms with van der Waals surface area (Å²) in [5.41, 5.74) is 2.78. The predicted octanol–water partition coefficient (Wildman–Crippen LogP) is 3.14. The van der Waals surface area contributed by atoms with E-state index in [9.17, 15) is 0 Å². The Hall–Kier alpha value is -2.40. The van der Waals surface area contributed by atoms with Crippen molar-refractivity contribution in [1.82, 2.24) is 4.90 Å². The maximum atomic E-state index is 6.10. The lowest BCUT2D eigenvalue weighted by Gasteiger charge is -2.46. The highest BCUT2D eigenvalue weighted by molar-refractivity contribution is 5.65. The molecule has 3 aliphatic heterocycles. The normalized spacial score (nSPS) is 20.4. The lowest BCUT2D eigenvalue weighted by atomic mass is 9.79. The second-order valence-corrected chi connectivity index (χ2v) is 7.80. The Bertz CT molecular complexity index is 802. The van der Waals surface area contributed by atoms with Gasteiger partial charge in [-0.15, -0.1) is 0 Å². The Morgan fingerprint density at radius 2 is 1.92 bits per heavy atom. The van der Waals surface area contributed by atoms with Crippen molar-refractivity contribution in [3.63, 3.8) is 0 Å². The summed E-state index contributed by atoms with van der Waals surface area (Å²) in [6.45, 7) is 5.38. The van der Waals surface area contributed by atoms with E-state index in [2.05, 4.69) is 41.1 Å². The molecule has 0 aliphatic carbocycles. The van der Waals surface area contributed by atoms with Gasteiger partial charge in [-0.1, -0.05) is 30.3 Å². The zero-order valence-corrected chi connectivity index (χ0v) is 15.1. The van der Waals surface area contributed by atoms with Crippen molar-refractivity contribution < 1.29 is 14.2 Å². The van der Waals surface area contributed by atoms with E-state index < -0.39 is 0 Å². The average molecular weight is 352 g/mol. The van der Waals surface area contributed by atoms with Crippen molar-refractivity contribution >= 4 is 5.69 Å². The zero-order chi connectivity index (χ0) is 17.6. The van der Waals surface area contributed by atoms with Crippen LogP contribution in [0.4, 0.5) is 5.69 Å². The second kappa shape index (κ2) is 6.09. The fourth-order valence-electron chi connectivity index (χ4n) is 4.50. The third kappa shape index (κ3) is 2.76. The first-order valence-corrected chi connectivity index (χ1v) is 9.25. The van der Waals surface area contributed by atoms with Crippen molar-refractivity contribution in [2.75, 3.05) is 44.9 Å². The first-order valence-electron chi connectivity index (χ1n) is 9.25. The molecule has 0 radical (unpaired) electrons. The van der Waals surface area contributed by atoms with Crippen LogP contribution in [-0.4, -0.2) is 44.9 Å². The van der Waals surface area contributed by atoms with E-state index in [0.717, 1.165) is 35.9 Å². The van der Waals surface area contributed by atoms with Crippen molar-refractivity contribution in [1.29, 1.82) is 0 Å². The first-order chi connectivity index (χ1) is 12.7. The van der Waals surface area contributed by atoms with Gasteiger partial charge >= 0.3 is 0 Å². The van der Waals surface area contributed by atoms with Gasteiger partial charge in [0.1, 0.15) is 6.61 Å². The number of ether oxygens (including phenoxy) is 3. The summed E-state index contributed by atoms with van der Waals surface area (Å²) in [5, 5.41) is 0. The molecular weight excluding hydrogens is 328 g/mol. The minimum absolute atomic E-state index is 0.259. The van der Waals surface area contributed by atoms with Crippen LogP contribution >= 0.6 is 0 Å². The van der Waals surface area contributed by atoms with E-state index in [-0.39, 0.29) is 6.79 Å². The fourth-order valence-corrected chi connectivity index (χ4v) is 4.50. The standard InChI is InChI=1S/C21H24N2O3/c1-22-12-21(13-22)7-8-23(14-21)17-9-18(20-19(10-17)25-15-26-20)24-11-16-5-3-2-4-6-16/h2-6,9-10H,7-8,11-15H2,1H3. The van der Waals surface area contributed by atoms with E-state index in [0.29, 0.717) is 12.0 Å². The van der Waals surface area contributed by atoms with Gasteiger partial charge in [-0.3, -0.25) is 0 Å². The van der Waals surface area contributed by atoms with Crippen LogP contribution in [0.15, 0.2) is 42.5 Å². The smallest absolute Gasteiger partial charge is 0.231 e. The van der Waals surface area contributed by atoms with Crippen LogP contribution in [0.25, 0.3) is 0 Å².